The maximum atomic E-state index is 3.42. The quantitative estimate of drug-likeness (QED) is 0.742. The van der Waals surface area contributed by atoms with Crippen LogP contribution in [0.25, 0.3) is 0 Å². The summed E-state index contributed by atoms with van der Waals surface area (Å²) in [7, 11) is 0. The third kappa shape index (κ3) is 2.82. The minimum atomic E-state index is 1.06. The molecular weight excluding hydrogens is 182 g/mol. The lowest BCUT2D eigenvalue weighted by Gasteiger charge is -2.20. The zero-order valence-corrected chi connectivity index (χ0v) is 10.5. The zero-order chi connectivity index (χ0) is 11.3. The molecule has 0 atom stereocenters. The summed E-state index contributed by atoms with van der Waals surface area (Å²) in [5, 5.41) is 3.42. The van der Waals surface area contributed by atoms with Gasteiger partial charge in [0.15, 0.2) is 0 Å². The second-order valence-corrected chi connectivity index (χ2v) is 3.84. The fourth-order valence-electron chi connectivity index (χ4n) is 2.20. The molecule has 1 heterocycles. The molecule has 0 spiro atoms. The zero-order valence-electron chi connectivity index (χ0n) is 10.5. The van der Waals surface area contributed by atoms with Gasteiger partial charge in [0.1, 0.15) is 0 Å². The van der Waals surface area contributed by atoms with Crippen molar-refractivity contribution >= 4 is 0 Å². The summed E-state index contributed by atoms with van der Waals surface area (Å²) >= 11 is 0. The van der Waals surface area contributed by atoms with Gasteiger partial charge in [-0.25, -0.2) is 0 Å². The fourth-order valence-corrected chi connectivity index (χ4v) is 2.20. The second kappa shape index (κ2) is 5.92. The molecule has 1 heteroatoms. The number of hydrogen-bond acceptors (Lipinski definition) is 1. The second-order valence-electron chi connectivity index (χ2n) is 3.84. The van der Waals surface area contributed by atoms with E-state index in [1.54, 1.807) is 11.1 Å². The Hall–Kier alpha value is -0.820. The van der Waals surface area contributed by atoms with E-state index in [4.69, 9.17) is 0 Å². The van der Waals surface area contributed by atoms with Crippen LogP contribution in [0, 0.1) is 6.92 Å². The van der Waals surface area contributed by atoms with Gasteiger partial charge in [-0.1, -0.05) is 38.5 Å². The molecule has 0 unspecified atom stereocenters. The summed E-state index contributed by atoms with van der Waals surface area (Å²) in [5.41, 5.74) is 6.07. The van der Waals surface area contributed by atoms with Crippen molar-refractivity contribution < 1.29 is 0 Å². The van der Waals surface area contributed by atoms with Crippen molar-refractivity contribution in [2.24, 2.45) is 0 Å². The lowest BCUT2D eigenvalue weighted by Crippen LogP contribution is -2.24. The van der Waals surface area contributed by atoms with Crippen LogP contribution < -0.4 is 5.32 Å². The molecular formula is C14H23N. The highest BCUT2D eigenvalue weighted by Gasteiger charge is 2.11. The first kappa shape index (κ1) is 12.3. The lowest BCUT2D eigenvalue weighted by atomic mass is 9.92. The predicted molar refractivity (Wildman–Crippen MR) is 67.3 cm³/mol. The molecule has 1 aliphatic heterocycles. The van der Waals surface area contributed by atoms with Crippen LogP contribution in [0.2, 0.25) is 0 Å². The molecule has 0 bridgehead atoms. The first-order valence-corrected chi connectivity index (χ1v) is 6.13. The van der Waals surface area contributed by atoms with E-state index in [9.17, 15) is 0 Å². The minimum Gasteiger partial charge on any atom is -0.312 e. The van der Waals surface area contributed by atoms with Crippen molar-refractivity contribution in [3.05, 3.63) is 34.4 Å². The van der Waals surface area contributed by atoms with Crippen LogP contribution in [0.5, 0.6) is 0 Å². The van der Waals surface area contributed by atoms with Gasteiger partial charge in [0, 0.05) is 6.54 Å². The number of benzene rings is 1. The van der Waals surface area contributed by atoms with Crippen molar-refractivity contribution in [1.29, 1.82) is 0 Å². The average molecular weight is 205 g/mol. The number of fused-ring (bicyclic) bond motifs is 1. The monoisotopic (exact) mass is 205 g/mol. The fraction of sp³-hybridized carbons (Fsp3) is 0.571. The van der Waals surface area contributed by atoms with E-state index < -0.39 is 0 Å². The maximum absolute atomic E-state index is 3.42. The number of aryl methyl sites for hydroxylation is 2. The molecule has 84 valence electrons. The van der Waals surface area contributed by atoms with Gasteiger partial charge in [-0.3, -0.25) is 0 Å². The molecule has 0 amide bonds. The summed E-state index contributed by atoms with van der Waals surface area (Å²) in [6, 6.07) is 4.66. The molecule has 2 rings (SSSR count). The van der Waals surface area contributed by atoms with E-state index in [0.717, 1.165) is 13.1 Å². The van der Waals surface area contributed by atoms with E-state index >= 15 is 0 Å². The molecule has 0 aromatic heterocycles. The molecule has 0 saturated carbocycles. The van der Waals surface area contributed by atoms with Gasteiger partial charge < -0.3 is 5.32 Å². The maximum Gasteiger partial charge on any atom is 0.0208 e. The van der Waals surface area contributed by atoms with Gasteiger partial charge >= 0.3 is 0 Å². The van der Waals surface area contributed by atoms with Crippen LogP contribution in [0.4, 0.5) is 0 Å². The van der Waals surface area contributed by atoms with Crippen LogP contribution in [0.3, 0.4) is 0 Å². The first-order chi connectivity index (χ1) is 7.31. The standard InChI is InChI=1S/C12H17N.C2H6/c1-3-10-6-9(2)7-11-8-13-5-4-12(10)11;1-2/h6-7,13H,3-5,8H2,1-2H3;1-2H3. The summed E-state index contributed by atoms with van der Waals surface area (Å²) in [6.45, 7) is 10.6. The Morgan fingerprint density at radius 1 is 1.27 bits per heavy atom. The molecule has 1 nitrogen and oxygen atoms in total. The highest BCUT2D eigenvalue weighted by molar-refractivity contribution is 5.40. The summed E-state index contributed by atoms with van der Waals surface area (Å²) < 4.78 is 0. The van der Waals surface area contributed by atoms with Crippen molar-refractivity contribution in [2.45, 2.75) is 47.1 Å². The Kier molecular flexibility index (Phi) is 4.83. The van der Waals surface area contributed by atoms with Crippen molar-refractivity contribution in [2.75, 3.05) is 6.54 Å². The normalized spacial score (nSPS) is 13.9. The van der Waals surface area contributed by atoms with E-state index in [2.05, 4.69) is 31.3 Å². The van der Waals surface area contributed by atoms with E-state index in [1.165, 1.54) is 24.0 Å². The van der Waals surface area contributed by atoms with Gasteiger partial charge in [-0.2, -0.15) is 0 Å². The molecule has 1 aliphatic rings. The van der Waals surface area contributed by atoms with Gasteiger partial charge in [-0.15, -0.1) is 0 Å². The third-order valence-electron chi connectivity index (χ3n) is 2.83. The molecule has 0 saturated heterocycles. The molecule has 0 aliphatic carbocycles. The molecule has 0 radical (unpaired) electrons. The van der Waals surface area contributed by atoms with Gasteiger partial charge in [-0.05, 0) is 43.0 Å². The molecule has 0 fully saturated rings. The van der Waals surface area contributed by atoms with Crippen molar-refractivity contribution in [3.63, 3.8) is 0 Å². The van der Waals surface area contributed by atoms with E-state index in [1.807, 2.05) is 13.8 Å². The molecule has 1 aromatic carbocycles. The lowest BCUT2D eigenvalue weighted by molar-refractivity contribution is 0.638. The molecule has 1 aromatic rings. The highest BCUT2D eigenvalue weighted by Crippen LogP contribution is 2.21. The smallest absolute Gasteiger partial charge is 0.0208 e. The van der Waals surface area contributed by atoms with Crippen LogP contribution in [0.15, 0.2) is 12.1 Å². The summed E-state index contributed by atoms with van der Waals surface area (Å²) in [4.78, 5) is 0. The SMILES string of the molecule is CC.CCc1cc(C)cc2c1CCNC2. The minimum absolute atomic E-state index is 1.06. The Bertz CT molecular complexity index is 298. The Balaban J connectivity index is 0.000000531. The van der Waals surface area contributed by atoms with Crippen LogP contribution >= 0.6 is 0 Å². The first-order valence-electron chi connectivity index (χ1n) is 6.13. The predicted octanol–water partition coefficient (Wildman–Crippen LogP) is 3.23. The van der Waals surface area contributed by atoms with Crippen LogP contribution in [0.1, 0.15) is 43.0 Å². The molecule has 1 N–H and O–H groups in total. The van der Waals surface area contributed by atoms with Crippen LogP contribution in [-0.2, 0) is 19.4 Å². The van der Waals surface area contributed by atoms with Gasteiger partial charge in [0.2, 0.25) is 0 Å². The Morgan fingerprint density at radius 3 is 2.67 bits per heavy atom. The largest absolute Gasteiger partial charge is 0.312 e. The summed E-state index contributed by atoms with van der Waals surface area (Å²) in [5.74, 6) is 0. The van der Waals surface area contributed by atoms with Gasteiger partial charge in [0.25, 0.3) is 0 Å². The third-order valence-corrected chi connectivity index (χ3v) is 2.83. The number of rotatable bonds is 1. The van der Waals surface area contributed by atoms with E-state index in [-0.39, 0.29) is 0 Å². The molecule has 15 heavy (non-hydrogen) atoms. The number of nitrogens with one attached hydrogen (secondary N) is 1. The van der Waals surface area contributed by atoms with Crippen molar-refractivity contribution in [1.82, 2.24) is 5.32 Å². The van der Waals surface area contributed by atoms with E-state index in [0.29, 0.717) is 0 Å². The Labute approximate surface area is 93.9 Å². The Morgan fingerprint density at radius 2 is 2.00 bits per heavy atom. The van der Waals surface area contributed by atoms with Crippen LogP contribution in [-0.4, -0.2) is 6.54 Å². The number of hydrogen-bond donors (Lipinski definition) is 1. The van der Waals surface area contributed by atoms with Gasteiger partial charge in [0.05, 0.1) is 0 Å². The average Bonchev–Trinajstić information content (AvgIpc) is 2.30. The summed E-state index contributed by atoms with van der Waals surface area (Å²) in [6.07, 6.45) is 2.38. The van der Waals surface area contributed by atoms with Crippen molar-refractivity contribution in [3.8, 4) is 0 Å². The topological polar surface area (TPSA) is 12.0 Å². The highest BCUT2D eigenvalue weighted by atomic mass is 14.9.